The number of rotatable bonds is 4. The molecule has 3 aromatic rings. The predicted molar refractivity (Wildman–Crippen MR) is 134 cm³/mol. The van der Waals surface area contributed by atoms with Crippen LogP contribution >= 0.6 is 12.2 Å². The highest BCUT2D eigenvalue weighted by atomic mass is 32.1. The minimum atomic E-state index is -1.08. The highest BCUT2D eigenvalue weighted by molar-refractivity contribution is 7.80. The number of amides is 2. The average Bonchev–Trinajstić information content (AvgIpc) is 3.24. The molecule has 1 heterocycles. The van der Waals surface area contributed by atoms with Gasteiger partial charge >= 0.3 is 0 Å². The molecular weight excluding hydrogens is 486 g/mol. The number of phenolic OH excluding ortho intramolecular Hbond substituents is 4. The first-order chi connectivity index (χ1) is 17.2. The maximum absolute atomic E-state index is 13.3. The van der Waals surface area contributed by atoms with Crippen LogP contribution in [0.2, 0.25) is 0 Å². The Bertz CT molecular complexity index is 1380. The highest BCUT2D eigenvalue weighted by Gasteiger charge is 2.36. The van der Waals surface area contributed by atoms with Crippen molar-refractivity contribution in [2.45, 2.75) is 19.1 Å². The number of hydrogen-bond acceptors (Lipinski definition) is 9. The Morgan fingerprint density at radius 3 is 2.25 bits per heavy atom. The van der Waals surface area contributed by atoms with Crippen LogP contribution in [0.5, 0.6) is 23.0 Å². The van der Waals surface area contributed by atoms with E-state index < -0.39 is 41.2 Å². The van der Waals surface area contributed by atoms with Crippen LogP contribution in [0.25, 0.3) is 0 Å². The molecule has 10 nitrogen and oxygen atoms in total. The molecule has 1 aliphatic rings. The molecule has 0 spiro atoms. The Morgan fingerprint density at radius 1 is 0.917 bits per heavy atom. The van der Waals surface area contributed by atoms with E-state index in [1.54, 1.807) is 37.3 Å². The molecule has 2 amide bonds. The molecule has 0 aliphatic carbocycles. The maximum Gasteiger partial charge on any atom is 0.268 e. The smallest absolute Gasteiger partial charge is 0.268 e. The fourth-order valence-corrected chi connectivity index (χ4v) is 3.86. The Morgan fingerprint density at radius 2 is 1.56 bits per heavy atom. The van der Waals surface area contributed by atoms with Gasteiger partial charge in [-0.3, -0.25) is 14.5 Å². The van der Waals surface area contributed by atoms with Crippen LogP contribution in [-0.4, -0.2) is 55.4 Å². The second-order valence-electron chi connectivity index (χ2n) is 7.82. The molecule has 0 radical (unpaired) electrons. The van der Waals surface area contributed by atoms with Gasteiger partial charge in [0.2, 0.25) is 5.90 Å². The lowest BCUT2D eigenvalue weighted by atomic mass is 10.1. The standard InChI is InChI=1S/C25H21N3O7S/c1-13-19(26-23(35-13)15-9-5-11-17(29)20(15)31)22(33)27-25(36)28(14-7-3-2-4-8-14)24(34)16-10-6-12-18(30)21(16)32/h2-13,19,29-32H,1H3,(H,27,33,36). The van der Waals surface area contributed by atoms with Gasteiger partial charge in [-0.15, -0.1) is 0 Å². The molecular formula is C25H21N3O7S. The quantitative estimate of drug-likeness (QED) is 0.267. The van der Waals surface area contributed by atoms with Gasteiger partial charge in [-0.05, 0) is 55.5 Å². The van der Waals surface area contributed by atoms with Crippen molar-refractivity contribution in [3.63, 3.8) is 0 Å². The Balaban J connectivity index is 1.61. The summed E-state index contributed by atoms with van der Waals surface area (Å²) in [6.45, 7) is 1.59. The van der Waals surface area contributed by atoms with E-state index in [2.05, 4.69) is 10.3 Å². The molecule has 2 atom stereocenters. The van der Waals surface area contributed by atoms with E-state index in [4.69, 9.17) is 17.0 Å². The monoisotopic (exact) mass is 507 g/mol. The van der Waals surface area contributed by atoms with Crippen molar-refractivity contribution in [1.29, 1.82) is 0 Å². The van der Waals surface area contributed by atoms with Crippen molar-refractivity contribution in [3.8, 4) is 23.0 Å². The van der Waals surface area contributed by atoms with E-state index in [1.807, 2.05) is 0 Å². The number of hydrogen-bond donors (Lipinski definition) is 5. The number of phenols is 4. The van der Waals surface area contributed by atoms with Gasteiger partial charge in [-0.1, -0.05) is 30.3 Å². The highest BCUT2D eigenvalue weighted by Crippen LogP contribution is 2.32. The van der Waals surface area contributed by atoms with Crippen LogP contribution < -0.4 is 10.2 Å². The largest absolute Gasteiger partial charge is 0.504 e. The lowest BCUT2D eigenvalue weighted by Gasteiger charge is -2.25. The molecule has 5 N–H and O–H groups in total. The molecule has 36 heavy (non-hydrogen) atoms. The Labute approximate surface area is 210 Å². The number of aromatic hydroxyl groups is 4. The van der Waals surface area contributed by atoms with E-state index in [1.165, 1.54) is 36.4 Å². The average molecular weight is 508 g/mol. The van der Waals surface area contributed by atoms with Crippen LogP contribution in [0, 0.1) is 0 Å². The number of para-hydroxylation sites is 3. The lowest BCUT2D eigenvalue weighted by Crippen LogP contribution is -2.50. The summed E-state index contributed by atoms with van der Waals surface area (Å²) < 4.78 is 5.62. The SMILES string of the molecule is CC1OC(c2cccc(O)c2O)=NC1C(=O)NC(=S)N(C(=O)c1cccc(O)c1O)c1ccccc1. The van der Waals surface area contributed by atoms with Crippen LogP contribution in [0.1, 0.15) is 22.8 Å². The molecule has 11 heteroatoms. The predicted octanol–water partition coefficient (Wildman–Crippen LogP) is 2.79. The summed E-state index contributed by atoms with van der Waals surface area (Å²) in [4.78, 5) is 31.7. The van der Waals surface area contributed by atoms with Gasteiger partial charge in [0.25, 0.3) is 11.8 Å². The minimum absolute atomic E-state index is 0.0392. The first-order valence-electron chi connectivity index (χ1n) is 10.7. The van der Waals surface area contributed by atoms with E-state index in [0.29, 0.717) is 5.69 Å². The van der Waals surface area contributed by atoms with Gasteiger partial charge in [-0.25, -0.2) is 4.99 Å². The molecule has 0 aromatic heterocycles. The Kier molecular flexibility index (Phi) is 6.75. The summed E-state index contributed by atoms with van der Waals surface area (Å²) in [5, 5.41) is 42.1. The molecule has 0 bridgehead atoms. The number of benzene rings is 3. The number of anilines is 1. The second-order valence-corrected chi connectivity index (χ2v) is 8.21. The van der Waals surface area contributed by atoms with Crippen molar-refractivity contribution >= 4 is 40.7 Å². The summed E-state index contributed by atoms with van der Waals surface area (Å²) >= 11 is 5.39. The van der Waals surface area contributed by atoms with E-state index in [9.17, 15) is 30.0 Å². The zero-order chi connectivity index (χ0) is 26.0. The summed E-state index contributed by atoms with van der Waals surface area (Å²) in [5.41, 5.74) is 0.188. The molecule has 0 saturated heterocycles. The van der Waals surface area contributed by atoms with Crippen LogP contribution in [-0.2, 0) is 9.53 Å². The lowest BCUT2D eigenvalue weighted by molar-refractivity contribution is -0.122. The van der Waals surface area contributed by atoms with Gasteiger partial charge in [0.15, 0.2) is 34.2 Å². The normalized spacial score (nSPS) is 16.5. The van der Waals surface area contributed by atoms with Gasteiger partial charge in [0.1, 0.15) is 6.10 Å². The molecule has 0 saturated carbocycles. The summed E-state index contributed by atoms with van der Waals surface area (Å²) in [6, 6.07) is 15.3. The van der Waals surface area contributed by atoms with Crippen LogP contribution in [0.3, 0.4) is 0 Å². The molecule has 0 fully saturated rings. The van der Waals surface area contributed by atoms with E-state index in [0.717, 1.165) is 4.90 Å². The number of carbonyl (C=O) groups excluding carboxylic acids is 2. The van der Waals surface area contributed by atoms with E-state index in [-0.39, 0.29) is 27.9 Å². The topological polar surface area (TPSA) is 152 Å². The fourth-order valence-electron chi connectivity index (χ4n) is 3.57. The molecule has 4 rings (SSSR count). The first-order valence-corrected chi connectivity index (χ1v) is 11.1. The summed E-state index contributed by atoms with van der Waals surface area (Å²) in [6.07, 6.45) is -0.749. The van der Waals surface area contributed by atoms with Gasteiger partial charge in [0, 0.05) is 0 Å². The third-order valence-electron chi connectivity index (χ3n) is 5.41. The zero-order valence-corrected chi connectivity index (χ0v) is 19.6. The summed E-state index contributed by atoms with van der Waals surface area (Å²) in [7, 11) is 0. The maximum atomic E-state index is 13.3. The van der Waals surface area contributed by atoms with Gasteiger partial charge in [-0.2, -0.15) is 0 Å². The van der Waals surface area contributed by atoms with Crippen molar-refractivity contribution in [2.75, 3.05) is 4.90 Å². The number of nitrogens with one attached hydrogen (secondary N) is 1. The number of ether oxygens (including phenoxy) is 1. The zero-order valence-electron chi connectivity index (χ0n) is 18.8. The third kappa shape index (κ3) is 4.64. The number of nitrogens with zero attached hydrogens (tertiary/aromatic N) is 2. The number of carbonyl (C=O) groups is 2. The molecule has 1 aliphatic heterocycles. The van der Waals surface area contributed by atoms with Crippen molar-refractivity contribution < 1.29 is 34.8 Å². The van der Waals surface area contributed by atoms with Crippen molar-refractivity contribution in [2.24, 2.45) is 4.99 Å². The molecule has 184 valence electrons. The van der Waals surface area contributed by atoms with E-state index >= 15 is 0 Å². The second kappa shape index (κ2) is 9.92. The van der Waals surface area contributed by atoms with Gasteiger partial charge < -0.3 is 30.5 Å². The Hall–Kier alpha value is -4.64. The fraction of sp³-hybridized carbons (Fsp3) is 0.120. The van der Waals surface area contributed by atoms with Crippen LogP contribution in [0.15, 0.2) is 71.7 Å². The van der Waals surface area contributed by atoms with Crippen molar-refractivity contribution in [1.82, 2.24) is 5.32 Å². The van der Waals surface area contributed by atoms with Crippen molar-refractivity contribution in [3.05, 3.63) is 77.9 Å². The molecule has 2 unspecified atom stereocenters. The molecule has 3 aromatic carbocycles. The van der Waals surface area contributed by atoms with Gasteiger partial charge in [0.05, 0.1) is 16.8 Å². The number of thiocarbonyl (C=S) groups is 1. The number of aliphatic imine (C=N–C) groups is 1. The van der Waals surface area contributed by atoms with Crippen LogP contribution in [0.4, 0.5) is 5.69 Å². The minimum Gasteiger partial charge on any atom is -0.504 e. The first kappa shape index (κ1) is 24.5. The summed E-state index contributed by atoms with van der Waals surface area (Å²) in [5.74, 6) is -3.43. The third-order valence-corrected chi connectivity index (χ3v) is 5.69.